The quantitative estimate of drug-likeness (QED) is 0.874. The Bertz CT molecular complexity index is 727. The number of primary sulfonamides is 1. The molecule has 1 aromatic carbocycles. The van der Waals surface area contributed by atoms with Gasteiger partial charge in [-0.2, -0.15) is 0 Å². The van der Waals surface area contributed by atoms with Gasteiger partial charge in [-0.25, -0.2) is 23.5 Å². The van der Waals surface area contributed by atoms with E-state index in [-0.39, 0.29) is 4.90 Å². The minimum atomic E-state index is -3.64. The lowest BCUT2D eigenvalue weighted by molar-refractivity contribution is 0.598. The van der Waals surface area contributed by atoms with Crippen molar-refractivity contribution in [2.75, 3.05) is 5.32 Å². The molecule has 0 aliphatic rings. The third-order valence-corrected chi connectivity index (χ3v) is 3.91. The maximum atomic E-state index is 11.2. The lowest BCUT2D eigenvalue weighted by atomic mass is 10.2. The van der Waals surface area contributed by atoms with Crippen LogP contribution in [0.2, 0.25) is 0 Å². The monoisotopic (exact) mass is 306 g/mol. The Kier molecular flexibility index (Phi) is 4.54. The molecule has 0 aliphatic carbocycles. The zero-order valence-electron chi connectivity index (χ0n) is 12.0. The highest BCUT2D eigenvalue weighted by Gasteiger charge is 2.07. The third kappa shape index (κ3) is 4.24. The standard InChI is InChI=1S/C14H18N4O2S/c1-3-12-8-14(18-10(2)17-12)16-9-11-4-6-13(7-5-11)21(15,19)20/h4-8H,3,9H2,1-2H3,(H2,15,19,20)(H,16,17,18). The summed E-state index contributed by atoms with van der Waals surface area (Å²) in [5, 5.41) is 8.26. The van der Waals surface area contributed by atoms with Gasteiger partial charge in [-0.1, -0.05) is 19.1 Å². The molecular formula is C14H18N4O2S. The van der Waals surface area contributed by atoms with Crippen molar-refractivity contribution in [3.8, 4) is 0 Å². The molecule has 6 nitrogen and oxygen atoms in total. The fraction of sp³-hybridized carbons (Fsp3) is 0.286. The molecule has 0 amide bonds. The highest BCUT2D eigenvalue weighted by Crippen LogP contribution is 2.12. The molecule has 0 radical (unpaired) electrons. The predicted octanol–water partition coefficient (Wildman–Crippen LogP) is 1.61. The summed E-state index contributed by atoms with van der Waals surface area (Å²) >= 11 is 0. The van der Waals surface area contributed by atoms with Crippen LogP contribution in [0.25, 0.3) is 0 Å². The Balaban J connectivity index is 2.08. The molecule has 21 heavy (non-hydrogen) atoms. The summed E-state index contributed by atoms with van der Waals surface area (Å²) in [7, 11) is -3.64. The van der Waals surface area contributed by atoms with Crippen LogP contribution in [0, 0.1) is 6.92 Å². The van der Waals surface area contributed by atoms with Crippen LogP contribution >= 0.6 is 0 Å². The van der Waals surface area contributed by atoms with Crippen LogP contribution in [-0.4, -0.2) is 18.4 Å². The van der Waals surface area contributed by atoms with E-state index in [9.17, 15) is 8.42 Å². The number of aromatic nitrogens is 2. The minimum absolute atomic E-state index is 0.109. The van der Waals surface area contributed by atoms with Crippen molar-refractivity contribution in [1.82, 2.24) is 9.97 Å². The third-order valence-electron chi connectivity index (χ3n) is 2.98. The van der Waals surface area contributed by atoms with Crippen LogP contribution in [0.1, 0.15) is 24.0 Å². The number of rotatable bonds is 5. The number of hydrogen-bond donors (Lipinski definition) is 2. The van der Waals surface area contributed by atoms with Crippen LogP contribution in [0.5, 0.6) is 0 Å². The van der Waals surface area contributed by atoms with E-state index in [1.54, 1.807) is 12.1 Å². The molecule has 0 spiro atoms. The number of sulfonamides is 1. The smallest absolute Gasteiger partial charge is 0.238 e. The first-order valence-electron chi connectivity index (χ1n) is 6.58. The van der Waals surface area contributed by atoms with Gasteiger partial charge in [-0.15, -0.1) is 0 Å². The Morgan fingerprint density at radius 3 is 2.43 bits per heavy atom. The zero-order valence-corrected chi connectivity index (χ0v) is 12.8. The molecule has 0 unspecified atom stereocenters. The van der Waals surface area contributed by atoms with E-state index in [0.717, 1.165) is 29.3 Å². The summed E-state index contributed by atoms with van der Waals surface area (Å²) in [6.07, 6.45) is 0.848. The molecule has 0 aliphatic heterocycles. The van der Waals surface area contributed by atoms with Crippen LogP contribution in [-0.2, 0) is 23.0 Å². The van der Waals surface area contributed by atoms with Gasteiger partial charge in [-0.05, 0) is 31.0 Å². The molecule has 0 saturated carbocycles. The maximum absolute atomic E-state index is 11.2. The van der Waals surface area contributed by atoms with Crippen molar-refractivity contribution in [2.45, 2.75) is 31.7 Å². The average molecular weight is 306 g/mol. The van der Waals surface area contributed by atoms with Crippen LogP contribution in [0.4, 0.5) is 5.82 Å². The number of aryl methyl sites for hydroxylation is 2. The average Bonchev–Trinajstić information content (AvgIpc) is 2.44. The van der Waals surface area contributed by atoms with Gasteiger partial charge in [-0.3, -0.25) is 0 Å². The molecule has 2 aromatic rings. The Hall–Kier alpha value is -1.99. The molecule has 1 aromatic heterocycles. The first-order chi connectivity index (χ1) is 9.88. The fourth-order valence-corrected chi connectivity index (χ4v) is 2.41. The van der Waals surface area contributed by atoms with E-state index in [1.165, 1.54) is 12.1 Å². The summed E-state index contributed by atoms with van der Waals surface area (Å²) in [4.78, 5) is 8.74. The Morgan fingerprint density at radius 1 is 1.19 bits per heavy atom. The summed E-state index contributed by atoms with van der Waals surface area (Å²) in [6.45, 7) is 4.44. The molecule has 1 heterocycles. The van der Waals surface area contributed by atoms with E-state index in [0.29, 0.717) is 6.54 Å². The number of nitrogens with two attached hydrogens (primary N) is 1. The largest absolute Gasteiger partial charge is 0.366 e. The highest BCUT2D eigenvalue weighted by molar-refractivity contribution is 7.89. The fourth-order valence-electron chi connectivity index (χ4n) is 1.89. The number of hydrogen-bond acceptors (Lipinski definition) is 5. The van der Waals surface area contributed by atoms with Gasteiger partial charge in [0.05, 0.1) is 4.90 Å². The normalized spacial score (nSPS) is 11.4. The van der Waals surface area contributed by atoms with Gasteiger partial charge < -0.3 is 5.32 Å². The molecular weight excluding hydrogens is 288 g/mol. The summed E-state index contributed by atoms with van der Waals surface area (Å²) in [6, 6.07) is 8.35. The Labute approximate surface area is 124 Å². The molecule has 7 heteroatoms. The number of nitrogens with zero attached hydrogens (tertiary/aromatic N) is 2. The van der Waals surface area contributed by atoms with Gasteiger partial charge >= 0.3 is 0 Å². The van der Waals surface area contributed by atoms with Crippen LogP contribution in [0.3, 0.4) is 0 Å². The first kappa shape index (κ1) is 15.4. The van der Waals surface area contributed by atoms with Crippen molar-refractivity contribution in [2.24, 2.45) is 5.14 Å². The van der Waals surface area contributed by atoms with E-state index >= 15 is 0 Å². The van der Waals surface area contributed by atoms with Crippen LogP contribution < -0.4 is 10.5 Å². The molecule has 0 saturated heterocycles. The Morgan fingerprint density at radius 2 is 1.86 bits per heavy atom. The highest BCUT2D eigenvalue weighted by atomic mass is 32.2. The van der Waals surface area contributed by atoms with Gasteiger partial charge in [0, 0.05) is 18.3 Å². The van der Waals surface area contributed by atoms with Gasteiger partial charge in [0.2, 0.25) is 10.0 Å². The second-order valence-corrected chi connectivity index (χ2v) is 6.25. The van der Waals surface area contributed by atoms with E-state index in [4.69, 9.17) is 5.14 Å². The van der Waals surface area contributed by atoms with E-state index in [1.807, 2.05) is 19.9 Å². The van der Waals surface area contributed by atoms with Crippen molar-refractivity contribution in [3.63, 3.8) is 0 Å². The SMILES string of the molecule is CCc1cc(NCc2ccc(S(N)(=O)=O)cc2)nc(C)n1. The predicted molar refractivity (Wildman–Crippen MR) is 81.3 cm³/mol. The van der Waals surface area contributed by atoms with Crippen molar-refractivity contribution >= 4 is 15.8 Å². The summed E-state index contributed by atoms with van der Waals surface area (Å²) in [5.41, 5.74) is 1.92. The van der Waals surface area contributed by atoms with Gasteiger partial charge in [0.25, 0.3) is 0 Å². The second-order valence-electron chi connectivity index (χ2n) is 4.69. The molecule has 0 fully saturated rings. The van der Waals surface area contributed by atoms with E-state index < -0.39 is 10.0 Å². The maximum Gasteiger partial charge on any atom is 0.238 e. The molecule has 0 bridgehead atoms. The van der Waals surface area contributed by atoms with Gasteiger partial charge in [0.1, 0.15) is 11.6 Å². The molecule has 3 N–H and O–H groups in total. The minimum Gasteiger partial charge on any atom is -0.366 e. The molecule has 112 valence electrons. The topological polar surface area (TPSA) is 98.0 Å². The summed E-state index contributed by atoms with van der Waals surface area (Å²) in [5.74, 6) is 1.48. The lowest BCUT2D eigenvalue weighted by Crippen LogP contribution is -2.12. The van der Waals surface area contributed by atoms with Crippen molar-refractivity contribution < 1.29 is 8.42 Å². The lowest BCUT2D eigenvalue weighted by Gasteiger charge is -2.08. The van der Waals surface area contributed by atoms with E-state index in [2.05, 4.69) is 15.3 Å². The number of nitrogens with one attached hydrogen (secondary N) is 1. The second kappa shape index (κ2) is 6.19. The molecule has 0 atom stereocenters. The first-order valence-corrected chi connectivity index (χ1v) is 8.13. The number of anilines is 1. The number of benzene rings is 1. The molecule has 2 rings (SSSR count). The zero-order chi connectivity index (χ0) is 15.5. The van der Waals surface area contributed by atoms with Crippen LogP contribution in [0.15, 0.2) is 35.2 Å². The van der Waals surface area contributed by atoms with Gasteiger partial charge in [0.15, 0.2) is 0 Å². The van der Waals surface area contributed by atoms with Crippen molar-refractivity contribution in [1.29, 1.82) is 0 Å². The summed E-state index contributed by atoms with van der Waals surface area (Å²) < 4.78 is 22.4. The van der Waals surface area contributed by atoms with Crippen molar-refractivity contribution in [3.05, 3.63) is 47.4 Å².